The lowest BCUT2D eigenvalue weighted by Crippen LogP contribution is -2.35. The second-order valence-corrected chi connectivity index (χ2v) is 2.91. The van der Waals surface area contributed by atoms with E-state index in [0.29, 0.717) is 0 Å². The van der Waals surface area contributed by atoms with Gasteiger partial charge in [0, 0.05) is 0 Å². The summed E-state index contributed by atoms with van der Waals surface area (Å²) in [5.41, 5.74) is -0.106. The highest BCUT2D eigenvalue weighted by Crippen LogP contribution is 2.15. The molecule has 0 saturated heterocycles. The van der Waals surface area contributed by atoms with Crippen LogP contribution in [0.4, 0.5) is 0 Å². The molecule has 0 fully saturated rings. The van der Waals surface area contributed by atoms with Crippen molar-refractivity contribution in [2.45, 2.75) is 19.3 Å². The van der Waals surface area contributed by atoms with E-state index in [9.17, 15) is 9.59 Å². The van der Waals surface area contributed by atoms with Crippen LogP contribution in [0.25, 0.3) is 0 Å². The van der Waals surface area contributed by atoms with Gasteiger partial charge in [0.05, 0.1) is 12.2 Å². The number of aliphatic hydroxyl groups excluding tert-OH is 1. The van der Waals surface area contributed by atoms with Crippen molar-refractivity contribution < 1.29 is 24.2 Å². The monoisotopic (exact) mass is 212 g/mol. The van der Waals surface area contributed by atoms with Gasteiger partial charge in [0.1, 0.15) is 0 Å². The SMILES string of the molecule is C=C(C(=O)OCC)[C@H]1O[C@H](O)C=CC1=O. The normalized spacial score (nSPS) is 25.1. The number of esters is 1. The average Bonchev–Trinajstić information content (AvgIpc) is 2.21. The van der Waals surface area contributed by atoms with Crippen molar-refractivity contribution in [2.24, 2.45) is 0 Å². The molecule has 82 valence electrons. The van der Waals surface area contributed by atoms with Gasteiger partial charge in [0.15, 0.2) is 18.2 Å². The molecule has 0 amide bonds. The fraction of sp³-hybridized carbons (Fsp3) is 0.400. The van der Waals surface area contributed by atoms with Crippen molar-refractivity contribution in [3.05, 3.63) is 24.3 Å². The van der Waals surface area contributed by atoms with Crippen LogP contribution >= 0.6 is 0 Å². The molecule has 0 radical (unpaired) electrons. The Hall–Kier alpha value is -1.46. The standard InChI is InChI=1S/C10H12O5/c1-3-14-10(13)6(2)9-7(11)4-5-8(12)15-9/h4-5,8-9,12H,2-3H2,1H3/t8-,9+/m0/s1. The van der Waals surface area contributed by atoms with E-state index in [1.807, 2.05) is 0 Å². The summed E-state index contributed by atoms with van der Waals surface area (Å²) < 4.78 is 9.51. The third-order valence-electron chi connectivity index (χ3n) is 1.81. The zero-order chi connectivity index (χ0) is 11.4. The Labute approximate surface area is 87.0 Å². The molecule has 0 aromatic heterocycles. The largest absolute Gasteiger partial charge is 0.463 e. The molecule has 0 spiro atoms. The van der Waals surface area contributed by atoms with E-state index < -0.39 is 24.1 Å². The molecule has 2 atom stereocenters. The van der Waals surface area contributed by atoms with Gasteiger partial charge in [-0.1, -0.05) is 6.58 Å². The molecular weight excluding hydrogens is 200 g/mol. The lowest BCUT2D eigenvalue weighted by atomic mass is 10.1. The van der Waals surface area contributed by atoms with Crippen LogP contribution in [-0.2, 0) is 19.1 Å². The fourth-order valence-corrected chi connectivity index (χ4v) is 1.10. The third-order valence-corrected chi connectivity index (χ3v) is 1.81. The summed E-state index contributed by atoms with van der Waals surface area (Å²) >= 11 is 0. The maximum absolute atomic E-state index is 11.3. The van der Waals surface area contributed by atoms with Crippen LogP contribution in [-0.4, -0.2) is 35.9 Å². The smallest absolute Gasteiger partial charge is 0.336 e. The van der Waals surface area contributed by atoms with Crippen molar-refractivity contribution >= 4 is 11.8 Å². The third kappa shape index (κ3) is 2.74. The summed E-state index contributed by atoms with van der Waals surface area (Å²) in [5.74, 6) is -1.13. The molecule has 0 aliphatic carbocycles. The van der Waals surface area contributed by atoms with Crippen LogP contribution in [0, 0.1) is 0 Å². The Balaban J connectivity index is 2.71. The Morgan fingerprint density at radius 2 is 2.40 bits per heavy atom. The number of ketones is 1. The van der Waals surface area contributed by atoms with Crippen molar-refractivity contribution in [3.63, 3.8) is 0 Å². The molecule has 1 N–H and O–H groups in total. The lowest BCUT2D eigenvalue weighted by Gasteiger charge is -2.22. The minimum absolute atomic E-state index is 0.106. The molecule has 0 aromatic rings. The van der Waals surface area contributed by atoms with Gasteiger partial charge in [-0.25, -0.2) is 4.79 Å². The highest BCUT2D eigenvalue weighted by Gasteiger charge is 2.30. The van der Waals surface area contributed by atoms with Crippen LogP contribution in [0.3, 0.4) is 0 Å². The molecule has 15 heavy (non-hydrogen) atoms. The van der Waals surface area contributed by atoms with E-state index in [0.717, 1.165) is 6.08 Å². The number of carbonyl (C=O) groups is 2. The zero-order valence-electron chi connectivity index (χ0n) is 8.30. The predicted molar refractivity (Wildman–Crippen MR) is 50.8 cm³/mol. The average molecular weight is 212 g/mol. The van der Waals surface area contributed by atoms with Gasteiger partial charge in [-0.3, -0.25) is 4.79 Å². The van der Waals surface area contributed by atoms with E-state index in [2.05, 4.69) is 11.3 Å². The number of aliphatic hydroxyl groups is 1. The first-order chi connectivity index (χ1) is 7.06. The van der Waals surface area contributed by atoms with E-state index in [4.69, 9.17) is 9.84 Å². The molecule has 1 aliphatic rings. The predicted octanol–water partition coefficient (Wildman–Crippen LogP) is -0.0518. The number of rotatable bonds is 3. The molecule has 1 heterocycles. The van der Waals surface area contributed by atoms with E-state index >= 15 is 0 Å². The van der Waals surface area contributed by atoms with Crippen LogP contribution in [0.2, 0.25) is 0 Å². The molecule has 0 bridgehead atoms. The minimum atomic E-state index is -1.20. The molecule has 0 unspecified atom stereocenters. The van der Waals surface area contributed by atoms with E-state index in [1.54, 1.807) is 6.92 Å². The molecule has 5 nitrogen and oxygen atoms in total. The van der Waals surface area contributed by atoms with Crippen molar-refractivity contribution in [3.8, 4) is 0 Å². The van der Waals surface area contributed by atoms with Gasteiger partial charge in [-0.15, -0.1) is 0 Å². The number of hydrogen-bond donors (Lipinski definition) is 1. The first-order valence-corrected chi connectivity index (χ1v) is 4.47. The van der Waals surface area contributed by atoms with Crippen molar-refractivity contribution in [2.75, 3.05) is 6.61 Å². The summed E-state index contributed by atoms with van der Waals surface area (Å²) in [5, 5.41) is 9.10. The van der Waals surface area contributed by atoms with E-state index in [-0.39, 0.29) is 12.2 Å². The maximum atomic E-state index is 11.3. The summed E-state index contributed by atoms with van der Waals surface area (Å²) in [7, 11) is 0. The number of carbonyl (C=O) groups excluding carboxylic acids is 2. The second-order valence-electron chi connectivity index (χ2n) is 2.91. The first kappa shape index (κ1) is 11.6. The number of ether oxygens (including phenoxy) is 2. The maximum Gasteiger partial charge on any atom is 0.336 e. The minimum Gasteiger partial charge on any atom is -0.463 e. The van der Waals surface area contributed by atoms with Crippen LogP contribution < -0.4 is 0 Å². The van der Waals surface area contributed by atoms with Gasteiger partial charge < -0.3 is 14.6 Å². The molecule has 0 saturated carbocycles. The summed E-state index contributed by atoms with van der Waals surface area (Å²) in [6, 6.07) is 0. The molecule has 0 aromatic carbocycles. The molecule has 5 heteroatoms. The van der Waals surface area contributed by atoms with Gasteiger partial charge in [-0.05, 0) is 19.1 Å². The Kier molecular flexibility index (Phi) is 3.76. The van der Waals surface area contributed by atoms with Crippen molar-refractivity contribution in [1.82, 2.24) is 0 Å². The van der Waals surface area contributed by atoms with Gasteiger partial charge in [0.2, 0.25) is 0 Å². The quantitative estimate of drug-likeness (QED) is 0.524. The topological polar surface area (TPSA) is 72.8 Å². The zero-order valence-corrected chi connectivity index (χ0v) is 8.30. The molecular formula is C10H12O5. The summed E-state index contributed by atoms with van der Waals surface area (Å²) in [6.07, 6.45) is 0.00321. The van der Waals surface area contributed by atoms with Gasteiger partial charge >= 0.3 is 5.97 Å². The first-order valence-electron chi connectivity index (χ1n) is 4.47. The van der Waals surface area contributed by atoms with Gasteiger partial charge in [-0.2, -0.15) is 0 Å². The summed E-state index contributed by atoms with van der Waals surface area (Å²) in [6.45, 7) is 5.25. The Morgan fingerprint density at radius 3 is 3.00 bits per heavy atom. The van der Waals surface area contributed by atoms with Crippen LogP contribution in [0.15, 0.2) is 24.3 Å². The summed E-state index contributed by atoms with van der Waals surface area (Å²) in [4.78, 5) is 22.5. The fourth-order valence-electron chi connectivity index (χ4n) is 1.10. The number of hydrogen-bond acceptors (Lipinski definition) is 5. The highest BCUT2D eigenvalue weighted by atomic mass is 16.6. The lowest BCUT2D eigenvalue weighted by molar-refractivity contribution is -0.151. The van der Waals surface area contributed by atoms with Gasteiger partial charge in [0.25, 0.3) is 0 Å². The van der Waals surface area contributed by atoms with E-state index in [1.165, 1.54) is 6.08 Å². The second kappa shape index (κ2) is 4.86. The Morgan fingerprint density at radius 1 is 1.73 bits per heavy atom. The molecule has 1 rings (SSSR count). The van der Waals surface area contributed by atoms with Crippen LogP contribution in [0.5, 0.6) is 0 Å². The Bertz CT molecular complexity index is 318. The van der Waals surface area contributed by atoms with Crippen LogP contribution in [0.1, 0.15) is 6.92 Å². The molecule has 1 aliphatic heterocycles. The highest BCUT2D eigenvalue weighted by molar-refractivity contribution is 6.04. The van der Waals surface area contributed by atoms with Crippen molar-refractivity contribution in [1.29, 1.82) is 0 Å².